The molecule has 7 heteroatoms. The maximum atomic E-state index is 11.8. The Hall–Kier alpha value is -1.21. The van der Waals surface area contributed by atoms with Crippen LogP contribution < -0.4 is 10.1 Å². The maximum absolute atomic E-state index is 11.8. The quantitative estimate of drug-likeness (QED) is 0.824. The van der Waals surface area contributed by atoms with E-state index in [1.807, 2.05) is 24.3 Å². The second kappa shape index (κ2) is 6.49. The van der Waals surface area contributed by atoms with E-state index in [4.69, 9.17) is 4.74 Å². The van der Waals surface area contributed by atoms with Gasteiger partial charge in [-0.3, -0.25) is 4.79 Å². The molecule has 1 saturated heterocycles. The second-order valence-corrected chi connectivity index (χ2v) is 7.85. The molecular formula is C13H17NO4S2. The van der Waals surface area contributed by atoms with Crippen LogP contribution in [-0.2, 0) is 14.6 Å². The lowest BCUT2D eigenvalue weighted by molar-refractivity contribution is -0.119. The number of rotatable bonds is 5. The third kappa shape index (κ3) is 4.14. The molecule has 0 aliphatic carbocycles. The molecule has 1 fully saturated rings. The molecular weight excluding hydrogens is 298 g/mol. The molecule has 110 valence electrons. The van der Waals surface area contributed by atoms with Gasteiger partial charge in [0, 0.05) is 10.9 Å². The van der Waals surface area contributed by atoms with Gasteiger partial charge in [0.25, 0.3) is 0 Å². The molecule has 0 saturated carbocycles. The van der Waals surface area contributed by atoms with Gasteiger partial charge in [-0.2, -0.15) is 0 Å². The smallest absolute Gasteiger partial charge is 0.230 e. The van der Waals surface area contributed by atoms with Crippen molar-refractivity contribution in [3.63, 3.8) is 0 Å². The van der Waals surface area contributed by atoms with E-state index < -0.39 is 9.84 Å². The highest BCUT2D eigenvalue weighted by Crippen LogP contribution is 2.28. The topological polar surface area (TPSA) is 72.5 Å². The summed E-state index contributed by atoms with van der Waals surface area (Å²) in [6.07, 6.45) is 0.507. The summed E-state index contributed by atoms with van der Waals surface area (Å²) in [5, 5.41) is 2.76. The molecule has 1 unspecified atom stereocenters. The van der Waals surface area contributed by atoms with Crippen molar-refractivity contribution >= 4 is 27.5 Å². The van der Waals surface area contributed by atoms with Gasteiger partial charge in [0.05, 0.1) is 24.4 Å². The van der Waals surface area contributed by atoms with E-state index in [-0.39, 0.29) is 29.2 Å². The molecule has 2 rings (SSSR count). The van der Waals surface area contributed by atoms with Gasteiger partial charge < -0.3 is 10.1 Å². The highest BCUT2D eigenvalue weighted by atomic mass is 32.2. The second-order valence-electron chi connectivity index (χ2n) is 4.61. The van der Waals surface area contributed by atoms with E-state index in [0.717, 1.165) is 10.6 Å². The minimum atomic E-state index is -2.96. The van der Waals surface area contributed by atoms with Gasteiger partial charge in [-0.15, -0.1) is 11.8 Å². The van der Waals surface area contributed by atoms with E-state index in [1.165, 1.54) is 11.8 Å². The number of hydrogen-bond acceptors (Lipinski definition) is 5. The minimum Gasteiger partial charge on any atom is -0.496 e. The van der Waals surface area contributed by atoms with E-state index in [0.29, 0.717) is 6.42 Å². The molecule has 0 bridgehead atoms. The van der Waals surface area contributed by atoms with Crippen molar-refractivity contribution in [3.8, 4) is 5.75 Å². The average molecular weight is 315 g/mol. The number of amides is 1. The monoisotopic (exact) mass is 315 g/mol. The van der Waals surface area contributed by atoms with E-state index in [2.05, 4.69) is 5.32 Å². The number of hydrogen-bond donors (Lipinski definition) is 1. The summed E-state index contributed by atoms with van der Waals surface area (Å²) in [4.78, 5) is 12.7. The van der Waals surface area contributed by atoms with Gasteiger partial charge in [0.15, 0.2) is 9.84 Å². The van der Waals surface area contributed by atoms with Crippen LogP contribution in [0.3, 0.4) is 0 Å². The SMILES string of the molecule is COc1ccccc1SCC(=O)NC1CCS(=O)(=O)C1. The molecule has 1 heterocycles. The van der Waals surface area contributed by atoms with Gasteiger partial charge in [-0.05, 0) is 18.6 Å². The molecule has 1 amide bonds. The number of methoxy groups -OCH3 is 1. The molecule has 1 aromatic carbocycles. The Morgan fingerprint density at radius 2 is 2.20 bits per heavy atom. The fourth-order valence-corrected chi connectivity index (χ4v) is 4.57. The lowest BCUT2D eigenvalue weighted by atomic mass is 10.3. The van der Waals surface area contributed by atoms with Crippen LogP contribution in [0.25, 0.3) is 0 Å². The Labute approximate surface area is 123 Å². The van der Waals surface area contributed by atoms with Crippen LogP contribution in [0.15, 0.2) is 29.2 Å². The summed E-state index contributed by atoms with van der Waals surface area (Å²) in [6, 6.07) is 7.23. The Morgan fingerprint density at radius 1 is 1.45 bits per heavy atom. The Balaban J connectivity index is 1.84. The molecule has 5 nitrogen and oxygen atoms in total. The first-order valence-corrected chi connectivity index (χ1v) is 9.06. The van der Waals surface area contributed by atoms with Crippen molar-refractivity contribution < 1.29 is 17.9 Å². The molecule has 1 aromatic rings. The Bertz CT molecular complexity index is 586. The number of ether oxygens (including phenoxy) is 1. The van der Waals surface area contributed by atoms with Crippen molar-refractivity contribution in [1.29, 1.82) is 0 Å². The highest BCUT2D eigenvalue weighted by molar-refractivity contribution is 8.00. The summed E-state index contributed by atoms with van der Waals surface area (Å²) < 4.78 is 27.8. The van der Waals surface area contributed by atoms with Crippen molar-refractivity contribution in [1.82, 2.24) is 5.32 Å². The third-order valence-electron chi connectivity index (χ3n) is 3.03. The molecule has 0 radical (unpaired) electrons. The Morgan fingerprint density at radius 3 is 2.85 bits per heavy atom. The summed E-state index contributed by atoms with van der Waals surface area (Å²) >= 11 is 1.38. The summed E-state index contributed by atoms with van der Waals surface area (Å²) in [5.74, 6) is 1.05. The van der Waals surface area contributed by atoms with Crippen LogP contribution in [0.5, 0.6) is 5.75 Å². The molecule has 1 aliphatic heterocycles. The van der Waals surface area contributed by atoms with Crippen LogP contribution >= 0.6 is 11.8 Å². The molecule has 1 aliphatic rings. The fraction of sp³-hybridized carbons (Fsp3) is 0.462. The van der Waals surface area contributed by atoms with E-state index in [9.17, 15) is 13.2 Å². The third-order valence-corrected chi connectivity index (χ3v) is 5.85. The van der Waals surface area contributed by atoms with Gasteiger partial charge >= 0.3 is 0 Å². The lowest BCUT2D eigenvalue weighted by Gasteiger charge is -2.11. The number of carbonyl (C=O) groups excluding carboxylic acids is 1. The summed E-state index contributed by atoms with van der Waals surface area (Å²) in [5.41, 5.74) is 0. The molecule has 1 N–H and O–H groups in total. The van der Waals surface area contributed by atoms with E-state index in [1.54, 1.807) is 7.11 Å². The number of benzene rings is 1. The first-order chi connectivity index (χ1) is 9.50. The van der Waals surface area contributed by atoms with E-state index >= 15 is 0 Å². The normalized spacial score (nSPS) is 20.6. The first-order valence-electron chi connectivity index (χ1n) is 6.26. The van der Waals surface area contributed by atoms with Crippen molar-refractivity contribution in [2.45, 2.75) is 17.4 Å². The van der Waals surface area contributed by atoms with Crippen molar-refractivity contribution in [3.05, 3.63) is 24.3 Å². The van der Waals surface area contributed by atoms with Gasteiger partial charge in [-0.25, -0.2) is 8.42 Å². The van der Waals surface area contributed by atoms with Gasteiger partial charge in [-0.1, -0.05) is 12.1 Å². The first kappa shape index (κ1) is 15.2. The van der Waals surface area contributed by atoms with Gasteiger partial charge in [0.1, 0.15) is 5.75 Å². The fourth-order valence-electron chi connectivity index (χ4n) is 2.06. The number of para-hydroxylation sites is 1. The lowest BCUT2D eigenvalue weighted by Crippen LogP contribution is -2.36. The van der Waals surface area contributed by atoms with Crippen molar-refractivity contribution in [2.24, 2.45) is 0 Å². The summed E-state index contributed by atoms with van der Waals surface area (Å²) in [7, 11) is -1.37. The van der Waals surface area contributed by atoms with Crippen LogP contribution in [0.2, 0.25) is 0 Å². The number of nitrogens with one attached hydrogen (secondary N) is 1. The molecule has 0 aromatic heterocycles. The molecule has 1 atom stereocenters. The predicted octanol–water partition coefficient (Wildman–Crippen LogP) is 1.09. The largest absolute Gasteiger partial charge is 0.496 e. The standard InChI is InChI=1S/C13H17NO4S2/c1-18-11-4-2-3-5-12(11)19-8-13(15)14-10-6-7-20(16,17)9-10/h2-5,10H,6-9H2,1H3,(H,14,15). The minimum absolute atomic E-state index is 0.0536. The summed E-state index contributed by atoms with van der Waals surface area (Å²) in [6.45, 7) is 0. The van der Waals surface area contributed by atoms with Crippen LogP contribution in [0.1, 0.15) is 6.42 Å². The van der Waals surface area contributed by atoms with Gasteiger partial charge in [0.2, 0.25) is 5.91 Å². The van der Waals surface area contributed by atoms with Crippen LogP contribution in [0.4, 0.5) is 0 Å². The number of thioether (sulfide) groups is 1. The zero-order valence-electron chi connectivity index (χ0n) is 11.2. The number of carbonyl (C=O) groups is 1. The average Bonchev–Trinajstić information content (AvgIpc) is 2.76. The van der Waals surface area contributed by atoms with Crippen LogP contribution in [-0.4, -0.2) is 44.7 Å². The molecule has 0 spiro atoms. The predicted molar refractivity (Wildman–Crippen MR) is 78.9 cm³/mol. The highest BCUT2D eigenvalue weighted by Gasteiger charge is 2.28. The van der Waals surface area contributed by atoms with Crippen LogP contribution in [0, 0.1) is 0 Å². The number of sulfone groups is 1. The zero-order chi connectivity index (χ0) is 14.6. The Kier molecular flexibility index (Phi) is 4.93. The zero-order valence-corrected chi connectivity index (χ0v) is 12.8. The maximum Gasteiger partial charge on any atom is 0.230 e. The van der Waals surface area contributed by atoms with Crippen molar-refractivity contribution in [2.75, 3.05) is 24.4 Å². The molecule has 20 heavy (non-hydrogen) atoms.